The lowest BCUT2D eigenvalue weighted by Gasteiger charge is -2.12. The van der Waals surface area contributed by atoms with Crippen LogP contribution in [0.15, 0.2) is 45.5 Å². The molecule has 0 fully saturated rings. The fraction of sp³-hybridized carbons (Fsp3) is 0.133. The molecular formula is C15H14BrN3O3S. The molecule has 120 valence electrons. The smallest absolute Gasteiger partial charge is 0.293 e. The number of thiocarbonyl (C=S) groups is 1. The maximum Gasteiger partial charge on any atom is 0.293 e. The van der Waals surface area contributed by atoms with E-state index in [9.17, 15) is 9.59 Å². The minimum absolute atomic E-state index is 0.108. The van der Waals surface area contributed by atoms with Gasteiger partial charge in [0.1, 0.15) is 0 Å². The minimum atomic E-state index is -0.464. The minimum Gasteiger partial charge on any atom is -0.444 e. The van der Waals surface area contributed by atoms with Gasteiger partial charge in [0, 0.05) is 25.3 Å². The second kappa shape index (κ2) is 7.38. The third-order valence-electron chi connectivity index (χ3n) is 2.80. The van der Waals surface area contributed by atoms with Crippen molar-refractivity contribution in [3.8, 4) is 0 Å². The average molecular weight is 396 g/mol. The summed E-state index contributed by atoms with van der Waals surface area (Å²) in [5.74, 6) is -0.449. The lowest BCUT2D eigenvalue weighted by molar-refractivity contribution is 0.0827. The van der Waals surface area contributed by atoms with E-state index in [-0.39, 0.29) is 16.8 Å². The highest BCUT2D eigenvalue weighted by Crippen LogP contribution is 2.14. The standard InChI is InChI=1S/C15H14BrN3O3S/c1-19(2)14(21)9-4-3-5-10(8-9)17-15(23)18-13(20)11-6-7-12(16)22-11/h3-8H,1-2H3,(H2,17,18,20,23). The van der Waals surface area contributed by atoms with Crippen LogP contribution in [0.3, 0.4) is 0 Å². The Morgan fingerprint density at radius 3 is 2.57 bits per heavy atom. The number of anilines is 1. The molecule has 1 heterocycles. The van der Waals surface area contributed by atoms with Crippen molar-refractivity contribution in [2.45, 2.75) is 0 Å². The Balaban J connectivity index is 2.01. The lowest BCUT2D eigenvalue weighted by atomic mass is 10.2. The van der Waals surface area contributed by atoms with Gasteiger partial charge in [-0.15, -0.1) is 0 Å². The van der Waals surface area contributed by atoms with Crippen LogP contribution in [-0.2, 0) is 0 Å². The summed E-state index contributed by atoms with van der Waals surface area (Å²) in [5, 5.41) is 5.47. The van der Waals surface area contributed by atoms with Gasteiger partial charge in [0.2, 0.25) is 0 Å². The van der Waals surface area contributed by atoms with Crippen molar-refractivity contribution >= 4 is 50.8 Å². The number of carbonyl (C=O) groups is 2. The number of furan rings is 1. The molecule has 0 aliphatic carbocycles. The highest BCUT2D eigenvalue weighted by molar-refractivity contribution is 9.10. The van der Waals surface area contributed by atoms with Gasteiger partial charge in [-0.2, -0.15) is 0 Å². The molecule has 1 aromatic heterocycles. The summed E-state index contributed by atoms with van der Waals surface area (Å²) >= 11 is 8.21. The third-order valence-corrected chi connectivity index (χ3v) is 3.43. The van der Waals surface area contributed by atoms with Gasteiger partial charge in [-0.05, 0) is 58.5 Å². The number of benzene rings is 1. The number of carbonyl (C=O) groups excluding carboxylic acids is 2. The summed E-state index contributed by atoms with van der Waals surface area (Å²) < 4.78 is 5.60. The predicted octanol–water partition coefficient (Wildman–Crippen LogP) is 2.87. The highest BCUT2D eigenvalue weighted by atomic mass is 79.9. The Hall–Kier alpha value is -2.19. The molecule has 1 aromatic carbocycles. The molecule has 0 saturated carbocycles. The van der Waals surface area contributed by atoms with E-state index in [1.54, 1.807) is 44.4 Å². The molecule has 0 radical (unpaired) electrons. The van der Waals surface area contributed by atoms with Crippen molar-refractivity contribution in [1.29, 1.82) is 0 Å². The molecule has 23 heavy (non-hydrogen) atoms. The Labute approximate surface area is 147 Å². The maximum absolute atomic E-state index is 11.9. The largest absolute Gasteiger partial charge is 0.444 e. The number of halogens is 1. The molecule has 8 heteroatoms. The molecule has 2 rings (SSSR count). The molecule has 2 aromatic rings. The molecule has 0 unspecified atom stereocenters. The molecule has 0 saturated heterocycles. The molecule has 0 aliphatic rings. The number of rotatable bonds is 3. The van der Waals surface area contributed by atoms with Gasteiger partial charge in [0.05, 0.1) is 0 Å². The first-order chi connectivity index (χ1) is 10.9. The van der Waals surface area contributed by atoms with Crippen LogP contribution < -0.4 is 10.6 Å². The summed E-state index contributed by atoms with van der Waals surface area (Å²) in [6.07, 6.45) is 0. The Morgan fingerprint density at radius 2 is 1.96 bits per heavy atom. The van der Waals surface area contributed by atoms with E-state index in [4.69, 9.17) is 16.6 Å². The number of hydrogen-bond acceptors (Lipinski definition) is 4. The fourth-order valence-electron chi connectivity index (χ4n) is 1.75. The van der Waals surface area contributed by atoms with Crippen LogP contribution >= 0.6 is 28.1 Å². The SMILES string of the molecule is CN(C)C(=O)c1cccc(NC(=S)NC(=O)c2ccc(Br)o2)c1. The second-order valence-electron chi connectivity index (χ2n) is 4.79. The van der Waals surface area contributed by atoms with Crippen molar-refractivity contribution in [3.63, 3.8) is 0 Å². The van der Waals surface area contributed by atoms with Crippen LogP contribution in [0.5, 0.6) is 0 Å². The van der Waals surface area contributed by atoms with Crippen molar-refractivity contribution in [3.05, 3.63) is 52.4 Å². The van der Waals surface area contributed by atoms with Crippen LogP contribution in [-0.4, -0.2) is 35.9 Å². The van der Waals surface area contributed by atoms with E-state index < -0.39 is 5.91 Å². The van der Waals surface area contributed by atoms with E-state index in [1.807, 2.05) is 0 Å². The molecule has 0 spiro atoms. The van der Waals surface area contributed by atoms with Crippen molar-refractivity contribution < 1.29 is 14.0 Å². The number of amides is 2. The van der Waals surface area contributed by atoms with Crippen molar-refractivity contribution in [1.82, 2.24) is 10.2 Å². The normalized spacial score (nSPS) is 10.0. The van der Waals surface area contributed by atoms with Gasteiger partial charge in [-0.1, -0.05) is 6.07 Å². The van der Waals surface area contributed by atoms with Gasteiger partial charge >= 0.3 is 0 Å². The third kappa shape index (κ3) is 4.64. The van der Waals surface area contributed by atoms with Crippen molar-refractivity contribution in [2.24, 2.45) is 0 Å². The van der Waals surface area contributed by atoms with Gasteiger partial charge in [-0.25, -0.2) is 0 Å². The zero-order valence-corrected chi connectivity index (χ0v) is 14.8. The molecule has 0 aliphatic heterocycles. The molecule has 0 bridgehead atoms. The Kier molecular flexibility index (Phi) is 5.51. The quantitative estimate of drug-likeness (QED) is 0.781. The van der Waals surface area contributed by atoms with Crippen LogP contribution in [0.25, 0.3) is 0 Å². The van der Waals surface area contributed by atoms with Gasteiger partial charge < -0.3 is 14.6 Å². The second-order valence-corrected chi connectivity index (χ2v) is 5.98. The lowest BCUT2D eigenvalue weighted by Crippen LogP contribution is -2.34. The number of nitrogens with zero attached hydrogens (tertiary/aromatic N) is 1. The summed E-state index contributed by atoms with van der Waals surface area (Å²) in [4.78, 5) is 25.3. The zero-order valence-electron chi connectivity index (χ0n) is 12.4. The molecule has 2 N–H and O–H groups in total. The van der Waals surface area contributed by atoms with Gasteiger partial charge in [-0.3, -0.25) is 14.9 Å². The van der Waals surface area contributed by atoms with Gasteiger partial charge in [0.15, 0.2) is 15.5 Å². The predicted molar refractivity (Wildman–Crippen MR) is 94.6 cm³/mol. The fourth-order valence-corrected chi connectivity index (χ4v) is 2.27. The van der Waals surface area contributed by atoms with E-state index in [0.717, 1.165) is 0 Å². The van der Waals surface area contributed by atoms with Gasteiger partial charge in [0.25, 0.3) is 11.8 Å². The van der Waals surface area contributed by atoms with E-state index in [0.29, 0.717) is 15.9 Å². The molecular weight excluding hydrogens is 382 g/mol. The first kappa shape index (κ1) is 17.2. The van der Waals surface area contributed by atoms with E-state index in [1.165, 1.54) is 11.0 Å². The first-order valence-electron chi connectivity index (χ1n) is 6.56. The van der Waals surface area contributed by atoms with E-state index in [2.05, 4.69) is 26.6 Å². The number of nitrogens with one attached hydrogen (secondary N) is 2. The molecule has 0 atom stereocenters. The summed E-state index contributed by atoms with van der Waals surface area (Å²) in [6.45, 7) is 0. The summed E-state index contributed by atoms with van der Waals surface area (Å²) in [5.41, 5.74) is 1.12. The number of hydrogen-bond donors (Lipinski definition) is 2. The highest BCUT2D eigenvalue weighted by Gasteiger charge is 2.13. The monoisotopic (exact) mass is 395 g/mol. The Bertz CT molecular complexity index is 758. The van der Waals surface area contributed by atoms with Crippen LogP contribution in [0.1, 0.15) is 20.9 Å². The first-order valence-corrected chi connectivity index (χ1v) is 7.76. The topological polar surface area (TPSA) is 74.6 Å². The van der Waals surface area contributed by atoms with E-state index >= 15 is 0 Å². The van der Waals surface area contributed by atoms with Crippen LogP contribution in [0, 0.1) is 0 Å². The molecule has 2 amide bonds. The summed E-state index contributed by atoms with van der Waals surface area (Å²) in [7, 11) is 3.35. The average Bonchev–Trinajstić information content (AvgIpc) is 2.93. The molecule has 6 nitrogen and oxygen atoms in total. The maximum atomic E-state index is 11.9. The van der Waals surface area contributed by atoms with Crippen LogP contribution in [0.2, 0.25) is 0 Å². The Morgan fingerprint density at radius 1 is 1.22 bits per heavy atom. The zero-order chi connectivity index (χ0) is 17.0. The van der Waals surface area contributed by atoms with Crippen molar-refractivity contribution in [2.75, 3.05) is 19.4 Å². The van der Waals surface area contributed by atoms with Crippen LogP contribution in [0.4, 0.5) is 5.69 Å². The summed E-state index contributed by atoms with van der Waals surface area (Å²) in [6, 6.07) is 9.97.